The van der Waals surface area contributed by atoms with Gasteiger partial charge in [0.15, 0.2) is 5.78 Å². The molecule has 1 saturated heterocycles. The van der Waals surface area contributed by atoms with Crippen LogP contribution >= 0.6 is 0 Å². The lowest BCUT2D eigenvalue weighted by Gasteiger charge is -2.38. The highest BCUT2D eigenvalue weighted by Crippen LogP contribution is 2.35. The highest BCUT2D eigenvalue weighted by Gasteiger charge is 2.25. The molecule has 0 radical (unpaired) electrons. The van der Waals surface area contributed by atoms with E-state index in [1.807, 2.05) is 18.2 Å². The monoisotopic (exact) mass is 471 g/mol. The molecule has 1 aliphatic rings. The first-order chi connectivity index (χ1) is 17.1. The minimum Gasteiger partial charge on any atom is -0.497 e. The van der Waals surface area contributed by atoms with Crippen molar-refractivity contribution in [1.82, 2.24) is 4.98 Å². The van der Waals surface area contributed by atoms with Gasteiger partial charge in [-0.25, -0.2) is 4.39 Å². The van der Waals surface area contributed by atoms with Gasteiger partial charge in [-0.05, 0) is 66.7 Å². The van der Waals surface area contributed by atoms with Gasteiger partial charge in [-0.3, -0.25) is 9.78 Å². The average molecular weight is 472 g/mol. The molecule has 4 aromatic rings. The molecule has 1 aliphatic heterocycles. The van der Waals surface area contributed by atoms with Crippen LogP contribution in [0.25, 0.3) is 10.9 Å². The molecule has 178 valence electrons. The number of fused-ring (bicyclic) bond motifs is 1. The smallest absolute Gasteiger partial charge is 0.196 e. The van der Waals surface area contributed by atoms with Crippen LogP contribution in [0.3, 0.4) is 0 Å². The van der Waals surface area contributed by atoms with Crippen LogP contribution < -0.4 is 19.3 Å². The second kappa shape index (κ2) is 9.62. The number of pyridine rings is 1. The van der Waals surface area contributed by atoms with E-state index in [1.165, 1.54) is 12.1 Å². The number of halogens is 1. The molecule has 0 atom stereocenters. The van der Waals surface area contributed by atoms with Gasteiger partial charge < -0.3 is 19.3 Å². The number of rotatable bonds is 6. The summed E-state index contributed by atoms with van der Waals surface area (Å²) in [7, 11) is 3.23. The van der Waals surface area contributed by atoms with Crippen LogP contribution in [0.2, 0.25) is 0 Å². The topological polar surface area (TPSA) is 54.9 Å². The molecule has 0 saturated carbocycles. The quantitative estimate of drug-likeness (QED) is 0.371. The molecule has 6 nitrogen and oxygen atoms in total. The number of methoxy groups -OCH3 is 2. The van der Waals surface area contributed by atoms with Crippen molar-refractivity contribution < 1.29 is 18.7 Å². The molecule has 0 aliphatic carbocycles. The van der Waals surface area contributed by atoms with E-state index in [0.29, 0.717) is 35.7 Å². The minimum absolute atomic E-state index is 0.0964. The summed E-state index contributed by atoms with van der Waals surface area (Å²) in [6, 6.07) is 19.4. The highest BCUT2D eigenvalue weighted by atomic mass is 19.1. The van der Waals surface area contributed by atoms with Gasteiger partial charge in [0.1, 0.15) is 17.3 Å². The van der Waals surface area contributed by atoms with Crippen molar-refractivity contribution >= 4 is 28.1 Å². The number of nitrogens with zero attached hydrogens (tertiary/aromatic N) is 3. The molecule has 1 fully saturated rings. The van der Waals surface area contributed by atoms with Crippen molar-refractivity contribution in [2.24, 2.45) is 0 Å². The van der Waals surface area contributed by atoms with Gasteiger partial charge >= 0.3 is 0 Å². The molecule has 7 heteroatoms. The molecular formula is C28H26FN3O3. The molecule has 0 unspecified atom stereocenters. The Hall–Kier alpha value is -4.13. The molecular weight excluding hydrogens is 445 g/mol. The number of benzene rings is 3. The predicted octanol–water partition coefficient (Wildman–Crippen LogP) is 4.95. The van der Waals surface area contributed by atoms with E-state index >= 15 is 0 Å². The number of anilines is 2. The number of carbonyl (C=O) groups excluding carboxylic acids is 1. The van der Waals surface area contributed by atoms with Crippen LogP contribution in [0.5, 0.6) is 11.5 Å². The van der Waals surface area contributed by atoms with Gasteiger partial charge in [0.25, 0.3) is 0 Å². The fourth-order valence-corrected chi connectivity index (χ4v) is 4.53. The lowest BCUT2D eigenvalue weighted by Crippen LogP contribution is -2.47. The Balaban J connectivity index is 1.53. The Morgan fingerprint density at radius 3 is 2.11 bits per heavy atom. The number of hydrogen-bond acceptors (Lipinski definition) is 6. The highest BCUT2D eigenvalue weighted by molar-refractivity contribution is 6.16. The summed E-state index contributed by atoms with van der Waals surface area (Å²) >= 11 is 0. The summed E-state index contributed by atoms with van der Waals surface area (Å²) in [6.45, 7) is 2.90. The maximum Gasteiger partial charge on any atom is 0.196 e. The summed E-state index contributed by atoms with van der Waals surface area (Å²) in [6.07, 6.45) is 1.67. The molecule has 1 aromatic heterocycles. The van der Waals surface area contributed by atoms with E-state index < -0.39 is 0 Å². The lowest BCUT2D eigenvalue weighted by atomic mass is 9.99. The van der Waals surface area contributed by atoms with Gasteiger partial charge in [-0.15, -0.1) is 0 Å². The van der Waals surface area contributed by atoms with Gasteiger partial charge in [0.2, 0.25) is 0 Å². The first kappa shape index (κ1) is 22.7. The van der Waals surface area contributed by atoms with Crippen LogP contribution in [0.4, 0.5) is 15.8 Å². The number of ether oxygens (including phenoxy) is 2. The van der Waals surface area contributed by atoms with Gasteiger partial charge in [-0.1, -0.05) is 0 Å². The van der Waals surface area contributed by atoms with Gasteiger partial charge in [0, 0.05) is 49.0 Å². The summed E-state index contributed by atoms with van der Waals surface area (Å²) in [4.78, 5) is 22.7. The van der Waals surface area contributed by atoms with Crippen LogP contribution in [-0.4, -0.2) is 51.2 Å². The molecule has 5 rings (SSSR count). The van der Waals surface area contributed by atoms with E-state index in [9.17, 15) is 9.18 Å². The lowest BCUT2D eigenvalue weighted by molar-refractivity contribution is 0.103. The third-order valence-electron chi connectivity index (χ3n) is 6.43. The van der Waals surface area contributed by atoms with Crippen molar-refractivity contribution in [3.63, 3.8) is 0 Å². The van der Waals surface area contributed by atoms with E-state index in [4.69, 9.17) is 9.47 Å². The van der Waals surface area contributed by atoms with Crippen LogP contribution in [0.1, 0.15) is 15.9 Å². The minimum atomic E-state index is -0.244. The summed E-state index contributed by atoms with van der Waals surface area (Å²) in [5.74, 6) is 1.06. The predicted molar refractivity (Wildman–Crippen MR) is 136 cm³/mol. The average Bonchev–Trinajstić information content (AvgIpc) is 2.92. The standard InChI is InChI=1S/C28H26FN3O3/c1-34-22-9-3-19(4-10-22)28(33)25-18-30-26-12-11-23(35-2)17-24(26)27(25)32-15-13-31(14-16-32)21-7-5-20(29)6-8-21/h3-12,17-18H,13-16H2,1-2H3. The number of carbonyl (C=O) groups is 1. The fourth-order valence-electron chi connectivity index (χ4n) is 4.53. The van der Waals surface area contributed by atoms with E-state index in [-0.39, 0.29) is 11.6 Å². The zero-order valence-electron chi connectivity index (χ0n) is 19.7. The van der Waals surface area contributed by atoms with Crippen molar-refractivity contribution in [2.75, 3.05) is 50.2 Å². The van der Waals surface area contributed by atoms with Crippen molar-refractivity contribution in [3.8, 4) is 11.5 Å². The Morgan fingerprint density at radius 2 is 1.46 bits per heavy atom. The molecule has 0 bridgehead atoms. The third-order valence-corrected chi connectivity index (χ3v) is 6.43. The maximum absolute atomic E-state index is 13.6. The van der Waals surface area contributed by atoms with Gasteiger partial charge in [0.05, 0.1) is 31.0 Å². The number of ketones is 1. The summed E-state index contributed by atoms with van der Waals surface area (Å²) in [5.41, 5.74) is 3.76. The Bertz CT molecular complexity index is 1350. The van der Waals surface area contributed by atoms with E-state index in [1.54, 1.807) is 56.8 Å². The van der Waals surface area contributed by atoms with Crippen molar-refractivity contribution in [2.45, 2.75) is 0 Å². The molecule has 0 spiro atoms. The molecule has 3 aromatic carbocycles. The van der Waals surface area contributed by atoms with Crippen LogP contribution in [-0.2, 0) is 0 Å². The molecule has 35 heavy (non-hydrogen) atoms. The third kappa shape index (κ3) is 4.49. The molecule has 0 amide bonds. The summed E-state index contributed by atoms with van der Waals surface area (Å²) in [5, 5.41) is 0.874. The maximum atomic E-state index is 13.6. The normalized spacial score (nSPS) is 13.7. The first-order valence-corrected chi connectivity index (χ1v) is 11.5. The van der Waals surface area contributed by atoms with Crippen LogP contribution in [0, 0.1) is 5.82 Å². The summed E-state index contributed by atoms with van der Waals surface area (Å²) < 4.78 is 24.1. The van der Waals surface area contributed by atoms with Crippen LogP contribution in [0.15, 0.2) is 72.9 Å². The van der Waals surface area contributed by atoms with E-state index in [0.717, 1.165) is 35.4 Å². The largest absolute Gasteiger partial charge is 0.497 e. The molecule has 0 N–H and O–H groups in total. The van der Waals surface area contributed by atoms with Crippen molar-refractivity contribution in [3.05, 3.63) is 89.9 Å². The zero-order chi connectivity index (χ0) is 24.4. The Kier molecular flexibility index (Phi) is 6.23. The number of hydrogen-bond donors (Lipinski definition) is 0. The van der Waals surface area contributed by atoms with Crippen molar-refractivity contribution in [1.29, 1.82) is 0 Å². The second-order valence-corrected chi connectivity index (χ2v) is 8.41. The van der Waals surface area contributed by atoms with Gasteiger partial charge in [-0.2, -0.15) is 0 Å². The SMILES string of the molecule is COc1ccc(C(=O)c2cnc3ccc(OC)cc3c2N2CCN(c3ccc(F)cc3)CC2)cc1. The Labute approximate surface area is 203 Å². The van der Waals surface area contributed by atoms with E-state index in [2.05, 4.69) is 14.8 Å². The zero-order valence-corrected chi connectivity index (χ0v) is 19.7. The number of piperazine rings is 1. The fraction of sp³-hybridized carbons (Fsp3) is 0.214. The second-order valence-electron chi connectivity index (χ2n) is 8.41. The molecule has 2 heterocycles. The Morgan fingerprint density at radius 1 is 0.829 bits per heavy atom. The first-order valence-electron chi connectivity index (χ1n) is 11.5. The number of aromatic nitrogens is 1.